The number of sulfonamides is 1. The molecule has 0 aromatic heterocycles. The van der Waals surface area contributed by atoms with Crippen LogP contribution in [0.25, 0.3) is 0 Å². The highest BCUT2D eigenvalue weighted by Gasteiger charge is 2.20. The van der Waals surface area contributed by atoms with Crippen LogP contribution in [0.1, 0.15) is 38.5 Å². The molecule has 0 aliphatic heterocycles. The van der Waals surface area contributed by atoms with Gasteiger partial charge in [-0.05, 0) is 31.0 Å². The van der Waals surface area contributed by atoms with E-state index in [1.54, 1.807) is 0 Å². The van der Waals surface area contributed by atoms with Crippen LogP contribution in [-0.4, -0.2) is 42.2 Å². The highest BCUT2D eigenvalue weighted by atomic mass is 32.2. The smallest absolute Gasteiger partial charge is 0.240 e. The van der Waals surface area contributed by atoms with Crippen molar-refractivity contribution in [3.63, 3.8) is 0 Å². The largest absolute Gasteiger partial charge is 0.313 e. The number of nitrogens with one attached hydrogen (secondary N) is 2. The molecule has 2 N–H and O–H groups in total. The number of halogens is 1. The second-order valence-corrected chi connectivity index (χ2v) is 10.2. The molecule has 6 nitrogen and oxygen atoms in total. The second kappa shape index (κ2) is 8.57. The molecule has 0 amide bonds. The molecular weight excluding hydrogens is 367 g/mol. The number of sulfone groups is 1. The summed E-state index contributed by atoms with van der Waals surface area (Å²) in [5, 5.41) is 3.35. The summed E-state index contributed by atoms with van der Waals surface area (Å²) >= 11 is 0. The summed E-state index contributed by atoms with van der Waals surface area (Å²) in [6.45, 7) is 0.683. The average molecular weight is 393 g/mol. The predicted molar refractivity (Wildman–Crippen MR) is 94.2 cm³/mol. The lowest BCUT2D eigenvalue weighted by molar-refractivity contribution is 0.461. The highest BCUT2D eigenvalue weighted by Crippen LogP contribution is 2.19. The van der Waals surface area contributed by atoms with Crippen LogP contribution in [0, 0.1) is 5.82 Å². The summed E-state index contributed by atoms with van der Waals surface area (Å²) in [6.07, 6.45) is 7.96. The highest BCUT2D eigenvalue weighted by molar-refractivity contribution is 7.90. The van der Waals surface area contributed by atoms with E-state index in [0.29, 0.717) is 12.6 Å². The molecule has 0 saturated heterocycles. The van der Waals surface area contributed by atoms with E-state index in [-0.39, 0.29) is 11.4 Å². The molecule has 1 fully saturated rings. The van der Waals surface area contributed by atoms with Crippen LogP contribution in [0.4, 0.5) is 4.39 Å². The predicted octanol–water partition coefficient (Wildman–Crippen LogP) is 1.82. The fourth-order valence-electron chi connectivity index (χ4n) is 2.98. The van der Waals surface area contributed by atoms with Gasteiger partial charge in [-0.1, -0.05) is 25.7 Å². The number of rotatable bonds is 7. The summed E-state index contributed by atoms with van der Waals surface area (Å²) in [5.74, 6) is -1.07. The van der Waals surface area contributed by atoms with Crippen molar-refractivity contribution in [3.05, 3.63) is 24.0 Å². The van der Waals surface area contributed by atoms with Crippen LogP contribution in [0.2, 0.25) is 0 Å². The van der Waals surface area contributed by atoms with Crippen molar-refractivity contribution in [3.8, 4) is 0 Å². The molecule has 1 aliphatic carbocycles. The molecule has 0 heterocycles. The molecule has 142 valence electrons. The van der Waals surface area contributed by atoms with Gasteiger partial charge >= 0.3 is 0 Å². The zero-order chi connectivity index (χ0) is 18.5. The Kier molecular flexibility index (Phi) is 6.95. The van der Waals surface area contributed by atoms with Crippen molar-refractivity contribution in [2.45, 2.75) is 54.4 Å². The Balaban J connectivity index is 1.92. The summed E-state index contributed by atoms with van der Waals surface area (Å²) < 4.78 is 63.4. The Morgan fingerprint density at radius 1 is 1.04 bits per heavy atom. The monoisotopic (exact) mass is 392 g/mol. The van der Waals surface area contributed by atoms with E-state index in [1.165, 1.54) is 25.7 Å². The van der Waals surface area contributed by atoms with Gasteiger partial charge in [0.25, 0.3) is 0 Å². The molecule has 0 atom stereocenters. The molecule has 0 unspecified atom stereocenters. The third kappa shape index (κ3) is 6.02. The molecule has 9 heteroatoms. The van der Waals surface area contributed by atoms with Gasteiger partial charge in [0.2, 0.25) is 10.0 Å². The summed E-state index contributed by atoms with van der Waals surface area (Å²) in [5.41, 5.74) is 0. The lowest BCUT2D eigenvalue weighted by Gasteiger charge is -2.16. The molecule has 2 rings (SSSR count). The quantitative estimate of drug-likeness (QED) is 0.545. The van der Waals surface area contributed by atoms with Crippen molar-refractivity contribution in [1.29, 1.82) is 0 Å². The molecule has 1 aromatic carbocycles. The SMILES string of the molecule is CS(=O)(=O)c1ccc(S(=O)(=O)NCCNC2CCCCCC2)cc1F. The fraction of sp³-hybridized carbons (Fsp3) is 0.625. The molecule has 1 aromatic rings. The van der Waals surface area contributed by atoms with Crippen LogP contribution in [0.3, 0.4) is 0 Å². The first-order valence-electron chi connectivity index (χ1n) is 8.43. The van der Waals surface area contributed by atoms with E-state index in [4.69, 9.17) is 0 Å². The van der Waals surface area contributed by atoms with E-state index in [2.05, 4.69) is 10.0 Å². The Labute approximate surface area is 149 Å². The van der Waals surface area contributed by atoms with Crippen LogP contribution >= 0.6 is 0 Å². The minimum Gasteiger partial charge on any atom is -0.313 e. The van der Waals surface area contributed by atoms with Gasteiger partial charge in [-0.3, -0.25) is 0 Å². The van der Waals surface area contributed by atoms with E-state index >= 15 is 0 Å². The Bertz CT molecular complexity index is 786. The lowest BCUT2D eigenvalue weighted by Crippen LogP contribution is -2.36. The lowest BCUT2D eigenvalue weighted by atomic mass is 10.1. The first-order valence-corrected chi connectivity index (χ1v) is 11.8. The van der Waals surface area contributed by atoms with Crippen LogP contribution in [0.15, 0.2) is 28.0 Å². The normalized spacial score (nSPS) is 17.4. The molecule has 0 spiro atoms. The molecule has 0 bridgehead atoms. The van der Waals surface area contributed by atoms with Gasteiger partial charge in [-0.25, -0.2) is 25.9 Å². The van der Waals surface area contributed by atoms with Gasteiger partial charge in [0, 0.05) is 25.4 Å². The van der Waals surface area contributed by atoms with Gasteiger partial charge in [0.05, 0.1) is 4.90 Å². The first kappa shape index (κ1) is 20.3. The average Bonchev–Trinajstić information content (AvgIpc) is 2.79. The third-order valence-electron chi connectivity index (χ3n) is 4.32. The Morgan fingerprint density at radius 2 is 1.68 bits per heavy atom. The fourth-order valence-corrected chi connectivity index (χ4v) is 4.75. The van der Waals surface area contributed by atoms with Crippen molar-refractivity contribution in [2.75, 3.05) is 19.3 Å². The molecule has 1 aliphatic rings. The van der Waals surface area contributed by atoms with Gasteiger partial charge < -0.3 is 5.32 Å². The molecule has 0 radical (unpaired) electrons. The van der Waals surface area contributed by atoms with Gasteiger partial charge in [0.1, 0.15) is 10.7 Å². The van der Waals surface area contributed by atoms with E-state index in [1.807, 2.05) is 0 Å². The van der Waals surface area contributed by atoms with Gasteiger partial charge in [-0.15, -0.1) is 0 Å². The summed E-state index contributed by atoms with van der Waals surface area (Å²) in [7, 11) is -7.61. The second-order valence-electron chi connectivity index (χ2n) is 6.40. The first-order chi connectivity index (χ1) is 11.7. The maximum Gasteiger partial charge on any atom is 0.240 e. The standard InChI is InChI=1S/C16H25FN2O4S2/c1-24(20,21)16-9-8-14(12-15(16)17)25(22,23)19-11-10-18-13-6-4-2-3-5-7-13/h8-9,12-13,18-19H,2-7,10-11H2,1H3. The van der Waals surface area contributed by atoms with Crippen molar-refractivity contribution >= 4 is 19.9 Å². The minimum atomic E-state index is -3.88. The van der Waals surface area contributed by atoms with Crippen molar-refractivity contribution < 1.29 is 21.2 Å². The maximum atomic E-state index is 13.9. The zero-order valence-corrected chi connectivity index (χ0v) is 15.9. The molecule has 1 saturated carbocycles. The van der Waals surface area contributed by atoms with E-state index in [0.717, 1.165) is 37.3 Å². The van der Waals surface area contributed by atoms with Gasteiger partial charge in [-0.2, -0.15) is 0 Å². The summed E-state index contributed by atoms with van der Waals surface area (Å²) in [4.78, 5) is -0.798. The van der Waals surface area contributed by atoms with Crippen LogP contribution < -0.4 is 10.0 Å². The zero-order valence-electron chi connectivity index (χ0n) is 14.3. The van der Waals surface area contributed by atoms with E-state index < -0.39 is 30.6 Å². The molecular formula is C16H25FN2O4S2. The third-order valence-corrected chi connectivity index (χ3v) is 6.91. The molecule has 25 heavy (non-hydrogen) atoms. The van der Waals surface area contributed by atoms with Crippen LogP contribution in [-0.2, 0) is 19.9 Å². The topological polar surface area (TPSA) is 92.3 Å². The van der Waals surface area contributed by atoms with Crippen LogP contribution in [0.5, 0.6) is 0 Å². The van der Waals surface area contributed by atoms with Crippen molar-refractivity contribution in [2.24, 2.45) is 0 Å². The summed E-state index contributed by atoms with van der Waals surface area (Å²) in [6, 6.07) is 3.22. The van der Waals surface area contributed by atoms with Crippen molar-refractivity contribution in [1.82, 2.24) is 10.0 Å². The van der Waals surface area contributed by atoms with E-state index in [9.17, 15) is 21.2 Å². The number of hydrogen-bond acceptors (Lipinski definition) is 5. The number of benzene rings is 1. The van der Waals surface area contributed by atoms with Gasteiger partial charge in [0.15, 0.2) is 9.84 Å². The maximum absolute atomic E-state index is 13.9. The Morgan fingerprint density at radius 3 is 2.24 bits per heavy atom. The minimum absolute atomic E-state index is 0.189. The number of hydrogen-bond donors (Lipinski definition) is 2. The Hall–Kier alpha value is -1.03.